The molecule has 0 saturated carbocycles. The quantitative estimate of drug-likeness (QED) is 0.494. The zero-order valence-electron chi connectivity index (χ0n) is 9.97. The molecular formula is C11H13N3O3S. The molecule has 1 aromatic rings. The fraction of sp³-hybridized carbons (Fsp3) is 0.273. The van der Waals surface area contributed by atoms with Gasteiger partial charge in [0.1, 0.15) is 0 Å². The number of hydrogen-bond donors (Lipinski definition) is 2. The van der Waals surface area contributed by atoms with Gasteiger partial charge < -0.3 is 5.32 Å². The lowest BCUT2D eigenvalue weighted by Crippen LogP contribution is -2.42. The summed E-state index contributed by atoms with van der Waals surface area (Å²) < 4.78 is 0. The van der Waals surface area contributed by atoms with E-state index in [0.29, 0.717) is 5.56 Å². The molecule has 0 unspecified atom stereocenters. The van der Waals surface area contributed by atoms with Gasteiger partial charge in [-0.1, -0.05) is 0 Å². The van der Waals surface area contributed by atoms with Gasteiger partial charge in [0, 0.05) is 23.7 Å². The van der Waals surface area contributed by atoms with Gasteiger partial charge in [0.25, 0.3) is 11.6 Å². The van der Waals surface area contributed by atoms with Crippen molar-refractivity contribution < 1.29 is 9.72 Å². The van der Waals surface area contributed by atoms with Crippen LogP contribution in [0.2, 0.25) is 0 Å². The Morgan fingerprint density at radius 1 is 1.33 bits per heavy atom. The highest BCUT2D eigenvalue weighted by Gasteiger charge is 2.10. The Morgan fingerprint density at radius 2 is 1.89 bits per heavy atom. The predicted molar refractivity (Wildman–Crippen MR) is 71.4 cm³/mol. The number of rotatable bonds is 3. The number of benzene rings is 1. The summed E-state index contributed by atoms with van der Waals surface area (Å²) in [4.78, 5) is 21.6. The van der Waals surface area contributed by atoms with Crippen LogP contribution in [0.15, 0.2) is 24.3 Å². The molecule has 0 bridgehead atoms. The van der Waals surface area contributed by atoms with E-state index in [0.717, 1.165) is 0 Å². The summed E-state index contributed by atoms with van der Waals surface area (Å²) in [6.45, 7) is 3.79. The van der Waals surface area contributed by atoms with E-state index in [4.69, 9.17) is 12.2 Å². The standard InChI is InChI=1S/C11H13N3O3S/c1-7(2)12-11(18)13-10(15)8-3-5-9(6-4-8)14(16)17/h3-7H,1-2H3,(H2,12,13,15,18). The molecule has 0 aliphatic heterocycles. The molecular weight excluding hydrogens is 254 g/mol. The van der Waals surface area contributed by atoms with Crippen LogP contribution in [-0.2, 0) is 0 Å². The van der Waals surface area contributed by atoms with Gasteiger partial charge in [-0.2, -0.15) is 0 Å². The predicted octanol–water partition coefficient (Wildman–Crippen LogP) is 1.61. The number of nitrogens with zero attached hydrogens (tertiary/aromatic N) is 1. The van der Waals surface area contributed by atoms with Gasteiger partial charge in [0.05, 0.1) is 4.92 Å². The first kappa shape index (κ1) is 14.0. The number of amides is 1. The Labute approximate surface area is 110 Å². The maximum atomic E-state index is 11.7. The number of non-ortho nitro benzene ring substituents is 1. The number of nitro benzene ring substituents is 1. The maximum absolute atomic E-state index is 11.7. The van der Waals surface area contributed by atoms with Crippen LogP contribution in [-0.4, -0.2) is 22.0 Å². The van der Waals surface area contributed by atoms with E-state index in [-0.39, 0.29) is 16.8 Å². The van der Waals surface area contributed by atoms with Crippen molar-refractivity contribution in [3.63, 3.8) is 0 Å². The molecule has 0 aliphatic carbocycles. The molecule has 0 aromatic heterocycles. The summed E-state index contributed by atoms with van der Waals surface area (Å²) in [7, 11) is 0. The lowest BCUT2D eigenvalue weighted by Gasteiger charge is -2.11. The van der Waals surface area contributed by atoms with Crippen molar-refractivity contribution in [3.05, 3.63) is 39.9 Å². The average molecular weight is 267 g/mol. The fourth-order valence-corrected chi connectivity index (χ4v) is 1.54. The van der Waals surface area contributed by atoms with Crippen LogP contribution in [0.4, 0.5) is 5.69 Å². The number of thiocarbonyl (C=S) groups is 1. The van der Waals surface area contributed by atoms with E-state index >= 15 is 0 Å². The second-order valence-corrected chi connectivity index (χ2v) is 4.29. The Morgan fingerprint density at radius 3 is 2.33 bits per heavy atom. The van der Waals surface area contributed by atoms with Gasteiger partial charge in [-0.05, 0) is 38.2 Å². The molecule has 1 rings (SSSR count). The Hall–Kier alpha value is -2.02. The molecule has 1 amide bonds. The van der Waals surface area contributed by atoms with Crippen LogP contribution in [0.25, 0.3) is 0 Å². The van der Waals surface area contributed by atoms with Crippen molar-refractivity contribution in [2.75, 3.05) is 0 Å². The molecule has 0 spiro atoms. The average Bonchev–Trinajstić information content (AvgIpc) is 2.27. The highest BCUT2D eigenvalue weighted by atomic mass is 32.1. The number of nitro groups is 1. The molecule has 0 heterocycles. The summed E-state index contributed by atoms with van der Waals surface area (Å²) in [5, 5.41) is 16.0. The van der Waals surface area contributed by atoms with Crippen LogP contribution in [0.3, 0.4) is 0 Å². The molecule has 7 heteroatoms. The summed E-state index contributed by atoms with van der Waals surface area (Å²) in [6.07, 6.45) is 0. The van der Waals surface area contributed by atoms with Crippen LogP contribution in [0.5, 0.6) is 0 Å². The third-order valence-electron chi connectivity index (χ3n) is 1.99. The van der Waals surface area contributed by atoms with Crippen LogP contribution in [0, 0.1) is 10.1 Å². The zero-order chi connectivity index (χ0) is 13.7. The number of carbonyl (C=O) groups excluding carboxylic acids is 1. The minimum absolute atomic E-state index is 0.0607. The van der Waals surface area contributed by atoms with Gasteiger partial charge in [0.2, 0.25) is 0 Å². The Balaban J connectivity index is 2.67. The van der Waals surface area contributed by atoms with E-state index in [9.17, 15) is 14.9 Å². The normalized spacial score (nSPS) is 9.94. The lowest BCUT2D eigenvalue weighted by atomic mass is 10.2. The highest BCUT2D eigenvalue weighted by Crippen LogP contribution is 2.11. The molecule has 18 heavy (non-hydrogen) atoms. The van der Waals surface area contributed by atoms with Crippen molar-refractivity contribution in [2.45, 2.75) is 19.9 Å². The van der Waals surface area contributed by atoms with Crippen LogP contribution in [0.1, 0.15) is 24.2 Å². The second kappa shape index (κ2) is 6.06. The largest absolute Gasteiger partial charge is 0.360 e. The summed E-state index contributed by atoms with van der Waals surface area (Å²) in [6, 6.07) is 5.42. The van der Waals surface area contributed by atoms with E-state index in [1.807, 2.05) is 13.8 Å². The molecule has 0 radical (unpaired) electrons. The van der Waals surface area contributed by atoms with Gasteiger partial charge in [-0.3, -0.25) is 20.2 Å². The maximum Gasteiger partial charge on any atom is 0.269 e. The third-order valence-corrected chi connectivity index (χ3v) is 2.21. The number of nitrogens with one attached hydrogen (secondary N) is 2. The molecule has 96 valence electrons. The van der Waals surface area contributed by atoms with E-state index < -0.39 is 10.8 Å². The van der Waals surface area contributed by atoms with E-state index in [2.05, 4.69) is 10.6 Å². The SMILES string of the molecule is CC(C)NC(=S)NC(=O)c1ccc([N+](=O)[O-])cc1. The summed E-state index contributed by atoms with van der Waals surface area (Å²) in [5.41, 5.74) is 0.253. The van der Waals surface area contributed by atoms with Crippen molar-refractivity contribution in [1.29, 1.82) is 0 Å². The van der Waals surface area contributed by atoms with Crippen molar-refractivity contribution in [3.8, 4) is 0 Å². The summed E-state index contributed by atoms with van der Waals surface area (Å²) >= 11 is 4.92. The van der Waals surface area contributed by atoms with Crippen molar-refractivity contribution in [2.24, 2.45) is 0 Å². The molecule has 0 atom stereocenters. The first-order chi connectivity index (χ1) is 8.40. The summed E-state index contributed by atoms with van der Waals surface area (Å²) in [5.74, 6) is -0.400. The number of hydrogen-bond acceptors (Lipinski definition) is 4. The molecule has 0 saturated heterocycles. The molecule has 0 fully saturated rings. The van der Waals surface area contributed by atoms with Crippen molar-refractivity contribution in [1.82, 2.24) is 10.6 Å². The Bertz CT molecular complexity index is 471. The van der Waals surface area contributed by atoms with E-state index in [1.54, 1.807) is 0 Å². The second-order valence-electron chi connectivity index (χ2n) is 3.89. The van der Waals surface area contributed by atoms with Gasteiger partial charge in [0.15, 0.2) is 5.11 Å². The fourth-order valence-electron chi connectivity index (χ4n) is 1.21. The number of carbonyl (C=O) groups is 1. The van der Waals surface area contributed by atoms with Crippen LogP contribution < -0.4 is 10.6 Å². The Kier molecular flexibility index (Phi) is 4.73. The van der Waals surface area contributed by atoms with Crippen LogP contribution >= 0.6 is 12.2 Å². The first-order valence-electron chi connectivity index (χ1n) is 5.26. The molecule has 6 nitrogen and oxygen atoms in total. The van der Waals surface area contributed by atoms with Gasteiger partial charge in [-0.15, -0.1) is 0 Å². The van der Waals surface area contributed by atoms with Gasteiger partial charge >= 0.3 is 0 Å². The smallest absolute Gasteiger partial charge is 0.269 e. The molecule has 1 aromatic carbocycles. The zero-order valence-corrected chi connectivity index (χ0v) is 10.8. The van der Waals surface area contributed by atoms with Gasteiger partial charge in [-0.25, -0.2) is 0 Å². The molecule has 0 aliphatic rings. The minimum Gasteiger partial charge on any atom is -0.360 e. The van der Waals surface area contributed by atoms with Crippen molar-refractivity contribution >= 4 is 28.9 Å². The van der Waals surface area contributed by atoms with E-state index in [1.165, 1.54) is 24.3 Å². The lowest BCUT2D eigenvalue weighted by molar-refractivity contribution is -0.384. The monoisotopic (exact) mass is 267 g/mol. The topological polar surface area (TPSA) is 84.3 Å². The molecule has 2 N–H and O–H groups in total. The third kappa shape index (κ3) is 4.10. The minimum atomic E-state index is -0.521. The first-order valence-corrected chi connectivity index (χ1v) is 5.67. The highest BCUT2D eigenvalue weighted by molar-refractivity contribution is 7.80.